The molecule has 1 heterocycles. The van der Waals surface area contributed by atoms with Crippen LogP contribution in [0.1, 0.15) is 36.8 Å². The van der Waals surface area contributed by atoms with Gasteiger partial charge in [0.1, 0.15) is 5.78 Å². The number of benzene rings is 1. The highest BCUT2D eigenvalue weighted by atomic mass is 32.2. The summed E-state index contributed by atoms with van der Waals surface area (Å²) >= 11 is 3.08. The molecule has 0 saturated heterocycles. The molecule has 1 fully saturated rings. The van der Waals surface area contributed by atoms with Gasteiger partial charge < -0.3 is 5.32 Å². The third-order valence-electron chi connectivity index (χ3n) is 3.99. The van der Waals surface area contributed by atoms with Crippen LogP contribution in [0.5, 0.6) is 0 Å². The molecule has 1 aromatic heterocycles. The van der Waals surface area contributed by atoms with Crippen molar-refractivity contribution >= 4 is 39.7 Å². The third-order valence-corrected chi connectivity index (χ3v) is 6.23. The van der Waals surface area contributed by atoms with Crippen molar-refractivity contribution in [1.29, 1.82) is 0 Å². The van der Waals surface area contributed by atoms with Crippen LogP contribution in [0.3, 0.4) is 0 Å². The number of aromatic nitrogens is 2. The van der Waals surface area contributed by atoms with E-state index in [1.54, 1.807) is 11.8 Å². The number of nitrogens with zero attached hydrogens (tertiary/aromatic N) is 2. The molecule has 1 aliphatic carbocycles. The number of carbonyl (C=O) groups is 1. The number of hydrogen-bond acceptors (Lipinski definition) is 6. The minimum Gasteiger partial charge on any atom is -0.330 e. The fraction of sp³-hybridized carbons (Fsp3) is 0.438. The summed E-state index contributed by atoms with van der Waals surface area (Å²) in [6, 6.07) is 6.17. The molecule has 6 heteroatoms. The Morgan fingerprint density at radius 1 is 1.27 bits per heavy atom. The average Bonchev–Trinajstić information content (AvgIpc) is 2.94. The number of aryl methyl sites for hydroxylation is 1. The summed E-state index contributed by atoms with van der Waals surface area (Å²) in [7, 11) is 0. The molecule has 0 spiro atoms. The highest BCUT2D eigenvalue weighted by Gasteiger charge is 2.24. The Bertz CT molecular complexity index is 684. The molecule has 0 bridgehead atoms. The van der Waals surface area contributed by atoms with E-state index in [9.17, 15) is 4.79 Å². The van der Waals surface area contributed by atoms with Gasteiger partial charge in [-0.25, -0.2) is 0 Å². The van der Waals surface area contributed by atoms with E-state index < -0.39 is 0 Å². The van der Waals surface area contributed by atoms with Crippen LogP contribution in [0.15, 0.2) is 22.5 Å². The van der Waals surface area contributed by atoms with E-state index in [4.69, 9.17) is 0 Å². The molecule has 4 nitrogen and oxygen atoms in total. The Morgan fingerprint density at radius 2 is 2.14 bits per heavy atom. The van der Waals surface area contributed by atoms with Crippen molar-refractivity contribution in [1.82, 2.24) is 10.2 Å². The molecule has 116 valence electrons. The Hall–Kier alpha value is -1.40. The summed E-state index contributed by atoms with van der Waals surface area (Å²) in [5, 5.41) is 12.6. The number of Topliss-reactive ketones (excluding diaryl/α,β-unsaturated/α-hetero) is 1. The maximum atomic E-state index is 11.9. The molecule has 1 atom stereocenters. The van der Waals surface area contributed by atoms with Gasteiger partial charge in [-0.05, 0) is 43.9 Å². The maximum Gasteiger partial charge on any atom is 0.210 e. The van der Waals surface area contributed by atoms with Crippen LogP contribution in [0.4, 0.5) is 10.8 Å². The van der Waals surface area contributed by atoms with Gasteiger partial charge in [0.25, 0.3) is 0 Å². The van der Waals surface area contributed by atoms with Crippen LogP contribution in [0, 0.1) is 13.8 Å². The molecule has 0 amide bonds. The monoisotopic (exact) mass is 333 g/mol. The van der Waals surface area contributed by atoms with Crippen molar-refractivity contribution < 1.29 is 4.79 Å². The van der Waals surface area contributed by atoms with Crippen LogP contribution in [-0.4, -0.2) is 21.2 Å². The zero-order valence-electron chi connectivity index (χ0n) is 12.8. The van der Waals surface area contributed by atoms with Gasteiger partial charge in [-0.3, -0.25) is 4.79 Å². The van der Waals surface area contributed by atoms with Gasteiger partial charge in [0.15, 0.2) is 4.34 Å². The van der Waals surface area contributed by atoms with Crippen LogP contribution in [0.25, 0.3) is 0 Å². The number of anilines is 2. The van der Waals surface area contributed by atoms with E-state index in [1.807, 2.05) is 12.1 Å². The molecular weight excluding hydrogens is 314 g/mol. The smallest absolute Gasteiger partial charge is 0.210 e. The lowest BCUT2D eigenvalue weighted by Gasteiger charge is -2.18. The number of ketones is 1. The van der Waals surface area contributed by atoms with Gasteiger partial charge in [-0.15, -0.1) is 10.2 Å². The third kappa shape index (κ3) is 3.50. The van der Waals surface area contributed by atoms with Crippen LogP contribution in [0.2, 0.25) is 0 Å². The van der Waals surface area contributed by atoms with Gasteiger partial charge >= 0.3 is 0 Å². The summed E-state index contributed by atoms with van der Waals surface area (Å²) < 4.78 is 0.869. The van der Waals surface area contributed by atoms with Gasteiger partial charge in [0.2, 0.25) is 5.13 Å². The van der Waals surface area contributed by atoms with E-state index in [-0.39, 0.29) is 5.25 Å². The number of carbonyl (C=O) groups excluding carboxylic acids is 1. The maximum absolute atomic E-state index is 11.9. The Balaban J connectivity index is 1.68. The summed E-state index contributed by atoms with van der Waals surface area (Å²) in [5.74, 6) is 0.357. The second-order valence-electron chi connectivity index (χ2n) is 5.56. The van der Waals surface area contributed by atoms with Gasteiger partial charge in [-0.2, -0.15) is 0 Å². The molecule has 0 unspecified atom stereocenters. The minimum atomic E-state index is 0.0651. The lowest BCUT2D eigenvalue weighted by atomic mass is 9.99. The highest BCUT2D eigenvalue weighted by Crippen LogP contribution is 2.35. The highest BCUT2D eigenvalue weighted by molar-refractivity contribution is 8.02. The number of nitrogens with one attached hydrogen (secondary N) is 1. The van der Waals surface area contributed by atoms with E-state index in [0.717, 1.165) is 34.4 Å². The summed E-state index contributed by atoms with van der Waals surface area (Å²) in [5.41, 5.74) is 3.52. The van der Waals surface area contributed by atoms with Crippen LogP contribution < -0.4 is 5.32 Å². The molecule has 1 N–H and O–H groups in total. The summed E-state index contributed by atoms with van der Waals surface area (Å²) in [4.78, 5) is 11.9. The van der Waals surface area contributed by atoms with Crippen molar-refractivity contribution in [3.63, 3.8) is 0 Å². The number of thioether (sulfide) groups is 1. The predicted octanol–water partition coefficient (Wildman–Crippen LogP) is 4.50. The van der Waals surface area contributed by atoms with E-state index in [0.29, 0.717) is 12.2 Å². The molecular formula is C16H19N3OS2. The second-order valence-corrected chi connectivity index (χ2v) is 7.99. The SMILES string of the molecule is Cc1cccc(Nc2nnc(S[C@@H]3CCCCC3=O)s2)c1C. The second kappa shape index (κ2) is 6.79. The first-order valence-corrected chi connectivity index (χ1v) is 9.19. The molecule has 3 rings (SSSR count). The van der Waals surface area contributed by atoms with Crippen molar-refractivity contribution in [3.05, 3.63) is 29.3 Å². The Morgan fingerprint density at radius 3 is 2.95 bits per heavy atom. The van der Waals surface area contributed by atoms with Crippen molar-refractivity contribution in [3.8, 4) is 0 Å². The molecule has 1 saturated carbocycles. The van der Waals surface area contributed by atoms with Crippen LogP contribution in [-0.2, 0) is 4.79 Å². The molecule has 0 aliphatic heterocycles. The lowest BCUT2D eigenvalue weighted by Crippen LogP contribution is -2.21. The van der Waals surface area contributed by atoms with Gasteiger partial charge in [0, 0.05) is 12.1 Å². The van der Waals surface area contributed by atoms with Gasteiger partial charge in [0.05, 0.1) is 5.25 Å². The molecule has 1 aromatic carbocycles. The average molecular weight is 333 g/mol. The zero-order valence-corrected chi connectivity index (χ0v) is 14.4. The minimum absolute atomic E-state index is 0.0651. The van der Waals surface area contributed by atoms with Crippen molar-refractivity contribution in [2.45, 2.75) is 49.1 Å². The van der Waals surface area contributed by atoms with Crippen molar-refractivity contribution in [2.24, 2.45) is 0 Å². The largest absolute Gasteiger partial charge is 0.330 e. The fourth-order valence-electron chi connectivity index (χ4n) is 2.51. The van der Waals surface area contributed by atoms with E-state index in [1.165, 1.54) is 22.5 Å². The zero-order chi connectivity index (χ0) is 15.5. The standard InChI is InChI=1S/C16H19N3OS2/c1-10-6-5-7-12(11(10)2)17-15-18-19-16(22-15)21-14-9-4-3-8-13(14)20/h5-7,14H,3-4,8-9H2,1-2H3,(H,17,18)/t14-/m1/s1. The lowest BCUT2D eigenvalue weighted by molar-refractivity contribution is -0.119. The predicted molar refractivity (Wildman–Crippen MR) is 92.2 cm³/mol. The molecule has 22 heavy (non-hydrogen) atoms. The first-order chi connectivity index (χ1) is 10.6. The molecule has 1 aliphatic rings. The number of rotatable bonds is 4. The van der Waals surface area contributed by atoms with Crippen LogP contribution >= 0.6 is 23.1 Å². The summed E-state index contributed by atoms with van der Waals surface area (Å²) in [6.07, 6.45) is 3.84. The van der Waals surface area contributed by atoms with Crippen molar-refractivity contribution in [2.75, 3.05) is 5.32 Å². The first kappa shape index (κ1) is 15.5. The Labute approximate surface area is 138 Å². The molecule has 2 aromatic rings. The van der Waals surface area contributed by atoms with E-state index in [2.05, 4.69) is 35.4 Å². The Kier molecular flexibility index (Phi) is 4.78. The summed E-state index contributed by atoms with van der Waals surface area (Å²) in [6.45, 7) is 4.19. The van der Waals surface area contributed by atoms with E-state index >= 15 is 0 Å². The van der Waals surface area contributed by atoms with Gasteiger partial charge in [-0.1, -0.05) is 41.7 Å². The fourth-order valence-corrected chi connectivity index (χ4v) is 4.64. The quantitative estimate of drug-likeness (QED) is 0.892. The molecule has 0 radical (unpaired) electrons. The topological polar surface area (TPSA) is 54.9 Å². The number of hydrogen-bond donors (Lipinski definition) is 1. The first-order valence-electron chi connectivity index (χ1n) is 7.49. The normalized spacial score (nSPS) is 18.5.